The molecule has 2 aromatic rings. The summed E-state index contributed by atoms with van der Waals surface area (Å²) in [5.74, 6) is 0.386. The average molecular weight is 230 g/mol. The second-order valence-electron chi connectivity index (χ2n) is 3.14. The summed E-state index contributed by atoms with van der Waals surface area (Å²) in [6.45, 7) is 0. The summed E-state index contributed by atoms with van der Waals surface area (Å²) in [6.07, 6.45) is 1.60. The van der Waals surface area contributed by atoms with Crippen LogP contribution in [0, 0.1) is 0 Å². The lowest BCUT2D eigenvalue weighted by atomic mass is 10.2. The molecular weight excluding hydrogens is 220 g/mol. The van der Waals surface area contributed by atoms with Crippen LogP contribution in [0.2, 0.25) is 0 Å². The largest absolute Gasteiger partial charge is 0.383 e. The van der Waals surface area contributed by atoms with Crippen molar-refractivity contribution in [3.8, 4) is 0 Å². The van der Waals surface area contributed by atoms with E-state index in [1.165, 1.54) is 0 Å². The molecule has 3 nitrogen and oxygen atoms in total. The molecule has 80 valence electrons. The first kappa shape index (κ1) is 10.7. The molecule has 16 heavy (non-hydrogen) atoms. The number of nitrogen functional groups attached to an aromatic ring is 1. The average Bonchev–Trinajstić information content (AvgIpc) is 2.33. The highest BCUT2D eigenvalue weighted by Gasteiger charge is 2.09. The molecule has 1 heterocycles. The van der Waals surface area contributed by atoms with Gasteiger partial charge in [-0.1, -0.05) is 30.3 Å². The topological polar surface area (TPSA) is 56.0 Å². The molecule has 0 spiro atoms. The van der Waals surface area contributed by atoms with E-state index in [0.717, 1.165) is 11.8 Å². The van der Waals surface area contributed by atoms with E-state index in [2.05, 4.69) is 4.98 Å². The van der Waals surface area contributed by atoms with Gasteiger partial charge in [0.25, 0.3) is 0 Å². The third-order valence-electron chi connectivity index (χ3n) is 2.01. The molecule has 0 saturated heterocycles. The minimum Gasteiger partial charge on any atom is -0.383 e. The molecule has 4 heteroatoms. The monoisotopic (exact) mass is 230 g/mol. The zero-order valence-corrected chi connectivity index (χ0v) is 9.28. The van der Waals surface area contributed by atoms with E-state index in [1.807, 2.05) is 18.2 Å². The zero-order valence-electron chi connectivity index (χ0n) is 8.46. The number of nitrogens with two attached hydrogens (primary N) is 1. The molecule has 0 saturated carbocycles. The summed E-state index contributed by atoms with van der Waals surface area (Å²) >= 11 is 1.10. The van der Waals surface area contributed by atoms with Gasteiger partial charge in [-0.3, -0.25) is 4.79 Å². The Bertz CT molecular complexity index is 499. The van der Waals surface area contributed by atoms with Crippen molar-refractivity contribution in [3.05, 3.63) is 54.2 Å². The molecule has 0 amide bonds. The van der Waals surface area contributed by atoms with E-state index in [-0.39, 0.29) is 5.12 Å². The third-order valence-corrected chi connectivity index (χ3v) is 3.00. The van der Waals surface area contributed by atoms with Gasteiger partial charge in [-0.25, -0.2) is 4.98 Å². The first-order valence-electron chi connectivity index (χ1n) is 4.75. The molecule has 2 N–H and O–H groups in total. The molecule has 0 radical (unpaired) electrons. The van der Waals surface area contributed by atoms with Gasteiger partial charge in [0.05, 0.1) is 4.90 Å². The van der Waals surface area contributed by atoms with Crippen LogP contribution in [0.25, 0.3) is 0 Å². The lowest BCUT2D eigenvalue weighted by Gasteiger charge is -2.02. The van der Waals surface area contributed by atoms with E-state index in [4.69, 9.17) is 5.73 Å². The van der Waals surface area contributed by atoms with Crippen molar-refractivity contribution < 1.29 is 4.79 Å². The number of carbonyl (C=O) groups excluding carboxylic acids is 1. The van der Waals surface area contributed by atoms with Gasteiger partial charge in [-0.15, -0.1) is 0 Å². The van der Waals surface area contributed by atoms with Gasteiger partial charge in [-0.2, -0.15) is 0 Å². The van der Waals surface area contributed by atoms with Crippen LogP contribution in [-0.2, 0) is 0 Å². The fraction of sp³-hybridized carbons (Fsp3) is 0. The van der Waals surface area contributed by atoms with Gasteiger partial charge >= 0.3 is 0 Å². The molecular formula is C12H10N2OS. The Kier molecular flexibility index (Phi) is 3.22. The summed E-state index contributed by atoms with van der Waals surface area (Å²) in [4.78, 5) is 16.5. The molecule has 1 aromatic carbocycles. The molecule has 0 fully saturated rings. The van der Waals surface area contributed by atoms with Crippen molar-refractivity contribution in [2.45, 2.75) is 4.90 Å². The van der Waals surface area contributed by atoms with Crippen molar-refractivity contribution in [2.24, 2.45) is 0 Å². The van der Waals surface area contributed by atoms with Crippen LogP contribution in [0.4, 0.5) is 5.82 Å². The first-order valence-corrected chi connectivity index (χ1v) is 5.57. The van der Waals surface area contributed by atoms with Crippen molar-refractivity contribution in [3.63, 3.8) is 0 Å². The quantitative estimate of drug-likeness (QED) is 0.806. The van der Waals surface area contributed by atoms with E-state index in [1.54, 1.807) is 30.5 Å². The maximum atomic E-state index is 11.8. The second kappa shape index (κ2) is 4.81. The van der Waals surface area contributed by atoms with Gasteiger partial charge in [0.2, 0.25) is 5.12 Å². The van der Waals surface area contributed by atoms with Crippen LogP contribution < -0.4 is 5.73 Å². The van der Waals surface area contributed by atoms with Crippen molar-refractivity contribution in [2.75, 3.05) is 5.73 Å². The van der Waals surface area contributed by atoms with Gasteiger partial charge in [-0.05, 0) is 23.9 Å². The molecule has 0 bridgehead atoms. The highest BCUT2D eigenvalue weighted by Crippen LogP contribution is 2.26. The van der Waals surface area contributed by atoms with Crippen LogP contribution in [-0.4, -0.2) is 10.1 Å². The summed E-state index contributed by atoms with van der Waals surface area (Å²) in [6, 6.07) is 12.6. The molecule has 0 atom stereocenters. The van der Waals surface area contributed by atoms with Crippen molar-refractivity contribution in [1.82, 2.24) is 4.98 Å². The summed E-state index contributed by atoms with van der Waals surface area (Å²) < 4.78 is 0. The van der Waals surface area contributed by atoms with Gasteiger partial charge in [0.1, 0.15) is 5.82 Å². The number of anilines is 1. The number of rotatable bonds is 2. The minimum absolute atomic E-state index is 0.0275. The maximum Gasteiger partial charge on any atom is 0.224 e. The minimum atomic E-state index is -0.0275. The molecule has 1 aromatic heterocycles. The van der Waals surface area contributed by atoms with Gasteiger partial charge < -0.3 is 5.73 Å². The zero-order chi connectivity index (χ0) is 11.4. The fourth-order valence-electron chi connectivity index (χ4n) is 1.22. The number of pyridine rings is 1. The smallest absolute Gasteiger partial charge is 0.224 e. The Labute approximate surface area is 97.7 Å². The summed E-state index contributed by atoms with van der Waals surface area (Å²) in [7, 11) is 0. The molecule has 0 unspecified atom stereocenters. The summed E-state index contributed by atoms with van der Waals surface area (Å²) in [5, 5.41) is -0.0275. The van der Waals surface area contributed by atoms with E-state index in [9.17, 15) is 4.79 Å². The SMILES string of the molecule is Nc1ncccc1SC(=O)c1ccccc1. The first-order chi connectivity index (χ1) is 7.77. The Morgan fingerprint density at radius 3 is 2.56 bits per heavy atom. The standard InChI is InChI=1S/C12H10N2OS/c13-11-10(7-4-8-14-11)16-12(15)9-5-2-1-3-6-9/h1-8H,(H2,13,14). The molecule has 2 rings (SSSR count). The summed E-state index contributed by atoms with van der Waals surface area (Å²) in [5.41, 5.74) is 6.33. The number of aromatic nitrogens is 1. The van der Waals surface area contributed by atoms with Crippen LogP contribution in [0.3, 0.4) is 0 Å². The Balaban J connectivity index is 2.18. The number of thioether (sulfide) groups is 1. The normalized spacial score (nSPS) is 10.0. The Hall–Kier alpha value is -1.81. The lowest BCUT2D eigenvalue weighted by molar-refractivity contribution is 0.108. The Morgan fingerprint density at radius 1 is 1.12 bits per heavy atom. The molecule has 0 aliphatic rings. The fourth-order valence-corrected chi connectivity index (χ4v) is 1.98. The number of benzene rings is 1. The van der Waals surface area contributed by atoms with E-state index >= 15 is 0 Å². The van der Waals surface area contributed by atoms with E-state index in [0.29, 0.717) is 16.3 Å². The number of hydrogen-bond donors (Lipinski definition) is 1. The lowest BCUT2D eigenvalue weighted by Crippen LogP contribution is -1.96. The van der Waals surface area contributed by atoms with Gasteiger partial charge in [0.15, 0.2) is 0 Å². The molecule has 0 aliphatic heterocycles. The highest BCUT2D eigenvalue weighted by molar-refractivity contribution is 8.14. The van der Waals surface area contributed by atoms with Crippen LogP contribution in [0.1, 0.15) is 10.4 Å². The second-order valence-corrected chi connectivity index (χ2v) is 4.16. The predicted octanol–water partition coefficient (Wildman–Crippen LogP) is 2.60. The van der Waals surface area contributed by atoms with Crippen LogP contribution >= 0.6 is 11.8 Å². The number of carbonyl (C=O) groups is 1. The number of hydrogen-bond acceptors (Lipinski definition) is 4. The molecule has 0 aliphatic carbocycles. The predicted molar refractivity (Wildman–Crippen MR) is 65.3 cm³/mol. The third kappa shape index (κ3) is 2.41. The van der Waals surface area contributed by atoms with Crippen LogP contribution in [0.5, 0.6) is 0 Å². The van der Waals surface area contributed by atoms with E-state index < -0.39 is 0 Å². The maximum absolute atomic E-state index is 11.8. The van der Waals surface area contributed by atoms with Gasteiger partial charge in [0, 0.05) is 11.8 Å². The number of nitrogens with zero attached hydrogens (tertiary/aromatic N) is 1. The highest BCUT2D eigenvalue weighted by atomic mass is 32.2. The van der Waals surface area contributed by atoms with Crippen molar-refractivity contribution in [1.29, 1.82) is 0 Å². The Morgan fingerprint density at radius 2 is 1.88 bits per heavy atom. The van der Waals surface area contributed by atoms with Crippen LogP contribution in [0.15, 0.2) is 53.6 Å². The van der Waals surface area contributed by atoms with Crippen molar-refractivity contribution >= 4 is 22.7 Å².